The van der Waals surface area contributed by atoms with Gasteiger partial charge in [0.25, 0.3) is 5.91 Å². The zero-order chi connectivity index (χ0) is 18.6. The van der Waals surface area contributed by atoms with Crippen molar-refractivity contribution in [2.75, 3.05) is 13.6 Å². The zero-order valence-corrected chi connectivity index (χ0v) is 16.6. The van der Waals surface area contributed by atoms with Crippen LogP contribution in [0.2, 0.25) is 0 Å². The first-order valence-corrected chi connectivity index (χ1v) is 10.9. The topological polar surface area (TPSA) is 84.7 Å². The van der Waals surface area contributed by atoms with Crippen LogP contribution in [0.15, 0.2) is 4.99 Å². The lowest BCUT2D eigenvalue weighted by atomic mass is 9.72. The van der Waals surface area contributed by atoms with Crippen molar-refractivity contribution < 1.29 is 4.79 Å². The lowest BCUT2D eigenvalue weighted by molar-refractivity contribution is -0.131. The molecule has 5 nitrogen and oxygen atoms in total. The fourth-order valence-corrected chi connectivity index (χ4v) is 5.64. The molecule has 2 aliphatic carbocycles. The van der Waals surface area contributed by atoms with Crippen LogP contribution in [0.3, 0.4) is 0 Å². The predicted molar refractivity (Wildman–Crippen MR) is 107 cm³/mol. The number of amides is 1. The van der Waals surface area contributed by atoms with Gasteiger partial charge in [0.1, 0.15) is 5.54 Å². The van der Waals surface area contributed by atoms with Gasteiger partial charge in [-0.15, -0.1) is 0 Å². The molecule has 148 valence electrons. The van der Waals surface area contributed by atoms with Crippen molar-refractivity contribution in [3.8, 4) is 0 Å². The van der Waals surface area contributed by atoms with Crippen molar-refractivity contribution in [2.24, 2.45) is 34.2 Å². The minimum Gasteiger partial charge on any atom is -0.369 e. The van der Waals surface area contributed by atoms with E-state index >= 15 is 0 Å². The molecule has 3 atom stereocenters. The van der Waals surface area contributed by atoms with Gasteiger partial charge in [-0.25, -0.2) is 4.99 Å². The Labute approximate surface area is 159 Å². The van der Waals surface area contributed by atoms with Crippen molar-refractivity contribution >= 4 is 11.9 Å². The number of hydrogen-bond acceptors (Lipinski definition) is 4. The SMILES string of the molecule is CN1C(=O)[C@@](CCC2CCCCC2)(C[C@H]2CCCC(CCN)C2)N=C1N. The van der Waals surface area contributed by atoms with Gasteiger partial charge in [-0.2, -0.15) is 0 Å². The predicted octanol–water partition coefficient (Wildman–Crippen LogP) is 3.42. The standard InChI is InChI=1S/C21H38N4O/c1-25-19(26)21(24-20(25)23,12-10-16-6-3-2-4-7-16)15-18-9-5-8-17(14-18)11-13-22/h16-18H,2-15,22H2,1H3,(H2,23,24)/t17?,18-,21+/m0/s1. The van der Waals surface area contributed by atoms with Gasteiger partial charge >= 0.3 is 0 Å². The van der Waals surface area contributed by atoms with Crippen LogP contribution >= 0.6 is 0 Å². The maximum atomic E-state index is 13.1. The third-order valence-electron chi connectivity index (χ3n) is 7.16. The van der Waals surface area contributed by atoms with Crippen molar-refractivity contribution in [1.29, 1.82) is 0 Å². The van der Waals surface area contributed by atoms with E-state index in [9.17, 15) is 4.79 Å². The Balaban J connectivity index is 1.68. The Kier molecular flexibility index (Phi) is 6.60. The Morgan fingerprint density at radius 1 is 1.04 bits per heavy atom. The molecule has 4 N–H and O–H groups in total. The summed E-state index contributed by atoms with van der Waals surface area (Å²) >= 11 is 0. The summed E-state index contributed by atoms with van der Waals surface area (Å²) in [4.78, 5) is 19.5. The van der Waals surface area contributed by atoms with Crippen LogP contribution in [0.4, 0.5) is 0 Å². The summed E-state index contributed by atoms with van der Waals surface area (Å²) < 4.78 is 0. The number of carbonyl (C=O) groups excluding carboxylic acids is 1. The number of nitrogens with two attached hydrogens (primary N) is 2. The van der Waals surface area contributed by atoms with Crippen LogP contribution in [-0.4, -0.2) is 35.9 Å². The zero-order valence-electron chi connectivity index (χ0n) is 16.6. The highest BCUT2D eigenvalue weighted by molar-refractivity contribution is 6.06. The Hall–Kier alpha value is -1.10. The number of hydrogen-bond donors (Lipinski definition) is 2. The summed E-state index contributed by atoms with van der Waals surface area (Å²) in [5.41, 5.74) is 11.3. The first-order valence-electron chi connectivity index (χ1n) is 10.9. The molecule has 3 rings (SSSR count). The van der Waals surface area contributed by atoms with E-state index in [1.54, 1.807) is 11.9 Å². The van der Waals surface area contributed by atoms with Gasteiger partial charge in [0, 0.05) is 7.05 Å². The molecule has 0 bridgehead atoms. The van der Waals surface area contributed by atoms with E-state index in [0.717, 1.165) is 44.1 Å². The molecule has 5 heteroatoms. The fourth-order valence-electron chi connectivity index (χ4n) is 5.64. The minimum absolute atomic E-state index is 0.131. The average molecular weight is 363 g/mol. The summed E-state index contributed by atoms with van der Waals surface area (Å²) in [6.07, 6.45) is 15.7. The molecule has 1 unspecified atom stereocenters. The quantitative estimate of drug-likeness (QED) is 0.728. The number of guanidine groups is 1. The number of aliphatic imine (C=N–C) groups is 1. The molecule has 3 aliphatic rings. The highest BCUT2D eigenvalue weighted by Gasteiger charge is 2.47. The van der Waals surface area contributed by atoms with E-state index in [0.29, 0.717) is 11.9 Å². The molecule has 0 saturated heterocycles. The monoisotopic (exact) mass is 362 g/mol. The van der Waals surface area contributed by atoms with Gasteiger partial charge in [0.2, 0.25) is 0 Å². The Bertz CT molecular complexity index is 512. The number of carbonyl (C=O) groups is 1. The van der Waals surface area contributed by atoms with Crippen LogP contribution in [0, 0.1) is 17.8 Å². The molecule has 26 heavy (non-hydrogen) atoms. The number of nitrogens with zero attached hydrogens (tertiary/aromatic N) is 2. The van der Waals surface area contributed by atoms with E-state index in [2.05, 4.69) is 0 Å². The number of rotatable bonds is 7. The first-order chi connectivity index (χ1) is 12.5. The molecule has 0 spiro atoms. The average Bonchev–Trinajstić information content (AvgIpc) is 2.86. The van der Waals surface area contributed by atoms with E-state index < -0.39 is 5.54 Å². The molecule has 1 amide bonds. The summed E-state index contributed by atoms with van der Waals surface area (Å²) in [7, 11) is 1.78. The highest BCUT2D eigenvalue weighted by atomic mass is 16.2. The van der Waals surface area contributed by atoms with Crippen molar-refractivity contribution in [3.63, 3.8) is 0 Å². The van der Waals surface area contributed by atoms with E-state index in [1.165, 1.54) is 57.8 Å². The fraction of sp³-hybridized carbons (Fsp3) is 0.905. The van der Waals surface area contributed by atoms with Crippen LogP contribution in [0.5, 0.6) is 0 Å². The van der Waals surface area contributed by atoms with Crippen LogP contribution < -0.4 is 11.5 Å². The maximum Gasteiger partial charge on any atom is 0.257 e. The largest absolute Gasteiger partial charge is 0.369 e. The third-order valence-corrected chi connectivity index (χ3v) is 7.16. The highest BCUT2D eigenvalue weighted by Crippen LogP contribution is 2.42. The second kappa shape index (κ2) is 8.73. The summed E-state index contributed by atoms with van der Waals surface area (Å²) in [5, 5.41) is 0. The van der Waals surface area contributed by atoms with Crippen LogP contribution in [0.1, 0.15) is 83.5 Å². The van der Waals surface area contributed by atoms with Gasteiger partial charge in [-0.1, -0.05) is 51.4 Å². The Morgan fingerprint density at radius 3 is 2.38 bits per heavy atom. The van der Waals surface area contributed by atoms with Crippen molar-refractivity contribution in [1.82, 2.24) is 4.90 Å². The molecule has 0 aromatic carbocycles. The van der Waals surface area contributed by atoms with Gasteiger partial charge in [0.15, 0.2) is 5.96 Å². The number of likely N-dealkylation sites (N-methyl/N-ethyl adjacent to an activating group) is 1. The molecule has 1 heterocycles. The van der Waals surface area contributed by atoms with E-state index in [1.807, 2.05) is 0 Å². The molecular weight excluding hydrogens is 324 g/mol. The Morgan fingerprint density at radius 2 is 1.73 bits per heavy atom. The molecule has 0 aromatic rings. The molecule has 2 saturated carbocycles. The first kappa shape index (κ1) is 19.7. The second-order valence-electron chi connectivity index (χ2n) is 9.09. The second-order valence-corrected chi connectivity index (χ2v) is 9.09. The van der Waals surface area contributed by atoms with Crippen LogP contribution in [-0.2, 0) is 4.79 Å². The lowest BCUT2D eigenvalue weighted by Gasteiger charge is -2.35. The smallest absolute Gasteiger partial charge is 0.257 e. The third kappa shape index (κ3) is 4.41. The molecule has 2 fully saturated rings. The summed E-state index contributed by atoms with van der Waals surface area (Å²) in [5.74, 6) is 2.62. The van der Waals surface area contributed by atoms with Gasteiger partial charge in [-0.05, 0) is 56.4 Å². The summed E-state index contributed by atoms with van der Waals surface area (Å²) in [6, 6.07) is 0. The summed E-state index contributed by atoms with van der Waals surface area (Å²) in [6.45, 7) is 0.775. The molecule has 0 radical (unpaired) electrons. The van der Waals surface area contributed by atoms with E-state index in [-0.39, 0.29) is 5.91 Å². The van der Waals surface area contributed by atoms with Crippen molar-refractivity contribution in [3.05, 3.63) is 0 Å². The van der Waals surface area contributed by atoms with Crippen LogP contribution in [0.25, 0.3) is 0 Å². The van der Waals surface area contributed by atoms with Gasteiger partial charge in [0.05, 0.1) is 0 Å². The minimum atomic E-state index is -0.592. The van der Waals surface area contributed by atoms with Crippen molar-refractivity contribution in [2.45, 2.75) is 89.0 Å². The van der Waals surface area contributed by atoms with Gasteiger partial charge < -0.3 is 11.5 Å². The molecular formula is C21H38N4O. The maximum absolute atomic E-state index is 13.1. The van der Waals surface area contributed by atoms with E-state index in [4.69, 9.17) is 16.5 Å². The lowest BCUT2D eigenvalue weighted by Crippen LogP contribution is -2.44. The normalized spacial score (nSPS) is 33.5. The molecule has 0 aromatic heterocycles. The van der Waals surface area contributed by atoms with Gasteiger partial charge in [-0.3, -0.25) is 9.69 Å². The molecule has 1 aliphatic heterocycles.